The minimum Gasteiger partial charge on any atom is -0.478 e. The van der Waals surface area contributed by atoms with Crippen molar-refractivity contribution in [3.8, 4) is 0 Å². The van der Waals surface area contributed by atoms with Crippen molar-refractivity contribution >= 4 is 29.5 Å². The zero-order valence-electron chi connectivity index (χ0n) is 14.4. The van der Waals surface area contributed by atoms with Gasteiger partial charge < -0.3 is 21.3 Å². The summed E-state index contributed by atoms with van der Waals surface area (Å²) in [6.07, 6.45) is 4.21. The lowest BCUT2D eigenvalue weighted by Gasteiger charge is -2.46. The first-order chi connectivity index (χ1) is 12.4. The highest BCUT2D eigenvalue weighted by atomic mass is 16.5. The third kappa shape index (κ3) is 2.96. The van der Waals surface area contributed by atoms with Crippen LogP contribution in [0, 0.1) is 0 Å². The number of carboxylic acids is 1. The summed E-state index contributed by atoms with van der Waals surface area (Å²) in [5.74, 6) is -1.56. The van der Waals surface area contributed by atoms with Crippen molar-refractivity contribution in [1.82, 2.24) is 0 Å². The maximum absolute atomic E-state index is 12.3. The van der Waals surface area contributed by atoms with E-state index in [9.17, 15) is 14.7 Å². The Morgan fingerprint density at radius 2 is 1.92 bits per heavy atom. The topological polar surface area (TPSA) is 144 Å². The maximum atomic E-state index is 12.3. The van der Waals surface area contributed by atoms with Gasteiger partial charge in [-0.05, 0) is 43.9 Å². The predicted molar refractivity (Wildman–Crippen MR) is 96.3 cm³/mol. The molecule has 0 amide bonds. The second-order valence-corrected chi connectivity index (χ2v) is 6.35. The monoisotopic (exact) mass is 359 g/mol. The number of rotatable bonds is 3. The average molecular weight is 359 g/mol. The van der Waals surface area contributed by atoms with E-state index in [1.807, 2.05) is 0 Å². The minimum atomic E-state index is -1.11. The van der Waals surface area contributed by atoms with E-state index in [-0.39, 0.29) is 23.0 Å². The number of carbonyl (C=O) groups excluding carboxylic acids is 1. The molecule has 0 aromatic heterocycles. The van der Waals surface area contributed by atoms with Gasteiger partial charge in [-0.2, -0.15) is 4.99 Å². The molecule has 3 rings (SSSR count). The van der Waals surface area contributed by atoms with Gasteiger partial charge in [0.15, 0.2) is 0 Å². The van der Waals surface area contributed by atoms with Crippen LogP contribution in [0.4, 0.5) is 5.69 Å². The van der Waals surface area contributed by atoms with Gasteiger partial charge in [0, 0.05) is 0 Å². The molecule has 0 bridgehead atoms. The van der Waals surface area contributed by atoms with Gasteiger partial charge in [0.05, 0.1) is 23.9 Å². The van der Waals surface area contributed by atoms with Crippen LogP contribution in [0.15, 0.2) is 28.2 Å². The molecule has 1 spiro atoms. The Hall–Kier alpha value is -3.10. The van der Waals surface area contributed by atoms with Crippen LogP contribution in [0.25, 0.3) is 0 Å². The van der Waals surface area contributed by atoms with Crippen molar-refractivity contribution in [2.75, 3.05) is 12.0 Å². The molecule has 9 heteroatoms. The number of nitrogens with zero attached hydrogens (tertiary/aromatic N) is 3. The first kappa shape index (κ1) is 17.7. The Bertz CT molecular complexity index is 811. The fourth-order valence-corrected chi connectivity index (χ4v) is 3.60. The van der Waals surface area contributed by atoms with Gasteiger partial charge in [0.1, 0.15) is 5.66 Å². The fraction of sp³-hybridized carbons (Fsp3) is 0.412. The molecule has 0 atom stereocenters. The molecule has 2 aliphatic rings. The highest BCUT2D eigenvalue weighted by Gasteiger charge is 2.44. The third-order valence-electron chi connectivity index (χ3n) is 4.74. The van der Waals surface area contributed by atoms with Crippen LogP contribution in [0.3, 0.4) is 0 Å². The second kappa shape index (κ2) is 6.66. The molecule has 1 fully saturated rings. The molecule has 9 nitrogen and oxygen atoms in total. The van der Waals surface area contributed by atoms with Crippen LogP contribution in [0.1, 0.15) is 52.8 Å². The number of anilines is 1. The quantitative estimate of drug-likeness (QED) is 0.690. The first-order valence-corrected chi connectivity index (χ1v) is 8.33. The van der Waals surface area contributed by atoms with Gasteiger partial charge in [-0.3, -0.25) is 4.90 Å². The number of carboxylic acid groups (broad SMARTS) is 1. The van der Waals surface area contributed by atoms with E-state index in [0.717, 1.165) is 19.3 Å². The second-order valence-electron chi connectivity index (χ2n) is 6.35. The number of aromatic carboxylic acids is 1. The van der Waals surface area contributed by atoms with Gasteiger partial charge in [-0.15, -0.1) is 0 Å². The van der Waals surface area contributed by atoms with Crippen molar-refractivity contribution in [2.45, 2.75) is 37.8 Å². The van der Waals surface area contributed by atoms with E-state index in [1.165, 1.54) is 25.3 Å². The maximum Gasteiger partial charge on any atom is 0.339 e. The van der Waals surface area contributed by atoms with Gasteiger partial charge in [-0.1, -0.05) is 6.42 Å². The first-order valence-electron chi connectivity index (χ1n) is 8.33. The number of carbonyl (C=O) groups is 2. The number of benzene rings is 1. The largest absolute Gasteiger partial charge is 0.478 e. The van der Waals surface area contributed by atoms with E-state index in [2.05, 4.69) is 9.98 Å². The molecular formula is C17H21N5O4. The third-order valence-corrected chi connectivity index (χ3v) is 4.74. The SMILES string of the molecule is COC(=O)c1ccc(C(=O)O)cc1N1C(N)=NC(N)=NC12CCCCC2. The average Bonchev–Trinajstić information content (AvgIpc) is 2.60. The zero-order chi connectivity index (χ0) is 18.9. The van der Waals surface area contributed by atoms with Gasteiger partial charge >= 0.3 is 11.9 Å². The summed E-state index contributed by atoms with van der Waals surface area (Å²) >= 11 is 0. The Morgan fingerprint density at radius 1 is 1.23 bits per heavy atom. The summed E-state index contributed by atoms with van der Waals surface area (Å²) in [4.78, 5) is 33.9. The molecular weight excluding hydrogens is 338 g/mol. The Kier molecular flexibility index (Phi) is 4.54. The lowest BCUT2D eigenvalue weighted by atomic mass is 9.86. The predicted octanol–water partition coefficient (Wildman–Crippen LogP) is 1.28. The van der Waals surface area contributed by atoms with E-state index < -0.39 is 17.6 Å². The number of ether oxygens (including phenoxy) is 1. The van der Waals surface area contributed by atoms with E-state index >= 15 is 0 Å². The number of esters is 1. The highest BCUT2D eigenvalue weighted by molar-refractivity contribution is 6.10. The number of nitrogens with two attached hydrogens (primary N) is 2. The van der Waals surface area contributed by atoms with Crippen LogP contribution in [-0.4, -0.2) is 41.7 Å². The van der Waals surface area contributed by atoms with Gasteiger partial charge in [0.25, 0.3) is 0 Å². The molecule has 1 aliphatic heterocycles. The molecule has 0 saturated heterocycles. The summed E-state index contributed by atoms with van der Waals surface area (Å²) in [7, 11) is 1.26. The van der Waals surface area contributed by atoms with Crippen LogP contribution in [0.2, 0.25) is 0 Å². The fourth-order valence-electron chi connectivity index (χ4n) is 3.60. The Balaban J connectivity index is 2.21. The summed E-state index contributed by atoms with van der Waals surface area (Å²) in [5.41, 5.74) is 11.7. The number of aliphatic imine (C=N–C) groups is 2. The molecule has 5 N–H and O–H groups in total. The Morgan fingerprint density at radius 3 is 2.54 bits per heavy atom. The van der Waals surface area contributed by atoms with E-state index in [1.54, 1.807) is 4.90 Å². The smallest absolute Gasteiger partial charge is 0.339 e. The number of guanidine groups is 2. The summed E-state index contributed by atoms with van der Waals surface area (Å²) < 4.78 is 4.85. The molecule has 0 unspecified atom stereocenters. The number of methoxy groups -OCH3 is 1. The standard InChI is InChI=1S/C17H21N5O4/c1-26-14(25)11-6-5-10(13(23)24)9-12(11)22-16(19)20-15(18)21-17(22)7-3-2-4-8-17/h5-6,9H,2-4,7-8H2,1H3,(H,23,24)(H4,18,19,20,21). The normalized spacial score (nSPS) is 18.9. The number of hydrogen-bond acceptors (Lipinski definition) is 8. The number of hydrogen-bond donors (Lipinski definition) is 3. The van der Waals surface area contributed by atoms with Crippen molar-refractivity contribution in [1.29, 1.82) is 0 Å². The lowest BCUT2D eigenvalue weighted by Crippen LogP contribution is -2.58. The minimum absolute atomic E-state index is 0.0222. The lowest BCUT2D eigenvalue weighted by molar-refractivity contribution is 0.0599. The van der Waals surface area contributed by atoms with Gasteiger partial charge in [0.2, 0.25) is 11.9 Å². The van der Waals surface area contributed by atoms with Crippen molar-refractivity contribution < 1.29 is 19.4 Å². The Labute approximate surface area is 150 Å². The zero-order valence-corrected chi connectivity index (χ0v) is 14.4. The van der Waals surface area contributed by atoms with E-state index in [4.69, 9.17) is 16.2 Å². The summed E-state index contributed by atoms with van der Waals surface area (Å²) in [6.45, 7) is 0. The van der Waals surface area contributed by atoms with Crippen molar-refractivity contribution in [2.24, 2.45) is 21.5 Å². The van der Waals surface area contributed by atoms with E-state index in [0.29, 0.717) is 18.5 Å². The summed E-state index contributed by atoms with van der Waals surface area (Å²) in [6, 6.07) is 4.15. The summed E-state index contributed by atoms with van der Waals surface area (Å²) in [5, 5.41) is 9.36. The molecule has 1 saturated carbocycles. The van der Waals surface area contributed by atoms with Crippen LogP contribution < -0.4 is 16.4 Å². The molecule has 1 heterocycles. The van der Waals surface area contributed by atoms with Gasteiger partial charge in [-0.25, -0.2) is 14.6 Å². The van der Waals surface area contributed by atoms with Crippen LogP contribution >= 0.6 is 0 Å². The molecule has 1 aromatic carbocycles. The molecule has 1 aromatic rings. The molecule has 26 heavy (non-hydrogen) atoms. The highest BCUT2D eigenvalue weighted by Crippen LogP contribution is 2.41. The van der Waals surface area contributed by atoms with Crippen LogP contribution in [-0.2, 0) is 4.74 Å². The van der Waals surface area contributed by atoms with Crippen molar-refractivity contribution in [3.05, 3.63) is 29.3 Å². The molecule has 138 valence electrons. The molecule has 1 aliphatic carbocycles. The molecule has 0 radical (unpaired) electrons. The van der Waals surface area contributed by atoms with Crippen molar-refractivity contribution in [3.63, 3.8) is 0 Å². The van der Waals surface area contributed by atoms with Crippen LogP contribution in [0.5, 0.6) is 0 Å².